The quantitative estimate of drug-likeness (QED) is 0.387. The van der Waals surface area contributed by atoms with Gasteiger partial charge in [-0.05, 0) is 79.1 Å². The molecule has 0 aromatic heterocycles. The molecule has 5 nitrogen and oxygen atoms in total. The van der Waals surface area contributed by atoms with E-state index >= 15 is 0 Å². The predicted octanol–water partition coefficient (Wildman–Crippen LogP) is 7.10. The lowest BCUT2D eigenvalue weighted by Gasteiger charge is -2.44. The van der Waals surface area contributed by atoms with Gasteiger partial charge >= 0.3 is 6.03 Å². The molecule has 202 valence electrons. The van der Waals surface area contributed by atoms with Crippen LogP contribution >= 0.6 is 0 Å². The van der Waals surface area contributed by atoms with Crippen LogP contribution in [0.15, 0.2) is 77.8 Å². The van der Waals surface area contributed by atoms with Crippen LogP contribution in [0.3, 0.4) is 0 Å². The van der Waals surface area contributed by atoms with E-state index in [0.29, 0.717) is 5.69 Å². The summed E-state index contributed by atoms with van der Waals surface area (Å²) in [6, 6.07) is 23.8. The van der Waals surface area contributed by atoms with Gasteiger partial charge in [-0.1, -0.05) is 67.8 Å². The summed E-state index contributed by atoms with van der Waals surface area (Å²) < 4.78 is 14.3. The zero-order valence-electron chi connectivity index (χ0n) is 22.7. The number of nitrogens with zero attached hydrogens (tertiary/aromatic N) is 3. The Morgan fingerprint density at radius 2 is 1.72 bits per heavy atom. The molecule has 1 aliphatic carbocycles. The van der Waals surface area contributed by atoms with E-state index in [9.17, 15) is 9.18 Å². The van der Waals surface area contributed by atoms with Gasteiger partial charge in [-0.25, -0.2) is 9.18 Å². The number of rotatable bonds is 5. The Kier molecular flexibility index (Phi) is 7.22. The van der Waals surface area contributed by atoms with Crippen molar-refractivity contribution in [2.75, 3.05) is 18.0 Å². The fourth-order valence-corrected chi connectivity index (χ4v) is 6.63. The van der Waals surface area contributed by atoms with E-state index in [2.05, 4.69) is 65.7 Å². The molecule has 2 amide bonds. The Morgan fingerprint density at radius 3 is 2.49 bits per heavy atom. The molecular formula is C33H37FN4O. The molecule has 2 aliphatic heterocycles. The van der Waals surface area contributed by atoms with Gasteiger partial charge < -0.3 is 0 Å². The molecule has 3 fully saturated rings. The zero-order valence-corrected chi connectivity index (χ0v) is 22.7. The van der Waals surface area contributed by atoms with E-state index in [4.69, 9.17) is 4.99 Å². The third kappa shape index (κ3) is 5.22. The summed E-state index contributed by atoms with van der Waals surface area (Å²) >= 11 is 0. The highest BCUT2D eigenvalue weighted by Gasteiger charge is 2.53. The zero-order chi connectivity index (χ0) is 26.8. The van der Waals surface area contributed by atoms with Crippen molar-refractivity contribution in [3.8, 4) is 11.1 Å². The number of urea groups is 1. The lowest BCUT2D eigenvalue weighted by atomic mass is 9.84. The first-order valence-corrected chi connectivity index (χ1v) is 14.3. The van der Waals surface area contributed by atoms with Crippen LogP contribution < -0.4 is 10.2 Å². The number of aryl methyl sites for hydroxylation is 1. The van der Waals surface area contributed by atoms with Crippen LogP contribution in [-0.4, -0.2) is 41.4 Å². The number of hydrogen-bond acceptors (Lipinski definition) is 3. The summed E-state index contributed by atoms with van der Waals surface area (Å²) in [7, 11) is 0. The van der Waals surface area contributed by atoms with Gasteiger partial charge in [0.2, 0.25) is 0 Å². The smallest absolute Gasteiger partial charge is 0.299 e. The third-order valence-corrected chi connectivity index (χ3v) is 8.72. The van der Waals surface area contributed by atoms with Gasteiger partial charge in [0.05, 0.1) is 6.04 Å². The predicted molar refractivity (Wildman–Crippen MR) is 156 cm³/mol. The van der Waals surface area contributed by atoms with Gasteiger partial charge in [-0.2, -0.15) is 0 Å². The van der Waals surface area contributed by atoms with Gasteiger partial charge in [0.15, 0.2) is 0 Å². The highest BCUT2D eigenvalue weighted by molar-refractivity contribution is 6.19. The van der Waals surface area contributed by atoms with E-state index in [1.807, 2.05) is 6.07 Å². The number of anilines is 1. The fraction of sp³-hybridized carbons (Fsp3) is 0.394. The van der Waals surface area contributed by atoms with Gasteiger partial charge in [0, 0.05) is 25.3 Å². The minimum absolute atomic E-state index is 0.199. The maximum absolute atomic E-state index is 14.3. The number of carbonyl (C=O) groups excluding carboxylic acids is 1. The van der Waals surface area contributed by atoms with Crippen LogP contribution in [0.1, 0.15) is 56.1 Å². The van der Waals surface area contributed by atoms with Crippen LogP contribution in [0, 0.1) is 12.7 Å². The van der Waals surface area contributed by atoms with Crippen molar-refractivity contribution in [2.45, 2.75) is 70.0 Å². The monoisotopic (exact) mass is 524 g/mol. The van der Waals surface area contributed by atoms with Crippen LogP contribution in [0.2, 0.25) is 0 Å². The summed E-state index contributed by atoms with van der Waals surface area (Å²) in [6.07, 6.45) is 7.28. The molecule has 0 atom stereocenters. The molecule has 1 N–H and O–H groups in total. The molecule has 1 saturated carbocycles. The van der Waals surface area contributed by atoms with Gasteiger partial charge in [-0.3, -0.25) is 20.1 Å². The Balaban J connectivity index is 1.25. The minimum Gasteiger partial charge on any atom is -0.299 e. The van der Waals surface area contributed by atoms with Crippen molar-refractivity contribution < 1.29 is 9.18 Å². The van der Waals surface area contributed by atoms with Crippen LogP contribution in [0.4, 0.5) is 14.9 Å². The van der Waals surface area contributed by atoms with E-state index in [0.717, 1.165) is 51.2 Å². The molecule has 1 spiro atoms. The number of halogens is 1. The number of nitrogens with one attached hydrogen (secondary N) is 1. The number of carbonyl (C=O) groups is 1. The van der Waals surface area contributed by atoms with E-state index < -0.39 is 5.54 Å². The van der Waals surface area contributed by atoms with Gasteiger partial charge in [0.1, 0.15) is 17.2 Å². The van der Waals surface area contributed by atoms with Crippen molar-refractivity contribution >= 4 is 17.6 Å². The summed E-state index contributed by atoms with van der Waals surface area (Å²) in [6.45, 7) is 4.67. The fourth-order valence-electron chi connectivity index (χ4n) is 6.63. The maximum Gasteiger partial charge on any atom is 0.328 e. The number of aliphatic imine (C=N–C) groups is 1. The number of piperidine rings is 1. The largest absolute Gasteiger partial charge is 0.328 e. The standard InChI is InChI=1S/C33H37FN4O/c1-24-9-5-6-16-30(24)26-11-7-10-25(21-26)23-37-19-17-33(18-20-37)31(35-28-13-3-2-4-14-28)36-32(39)38(33)29-15-8-12-27(34)22-29/h5-12,15-16,21-22,28H,2-4,13-14,17-20,23H2,1H3,(H,35,36,39). The second-order valence-electron chi connectivity index (χ2n) is 11.3. The minimum atomic E-state index is -0.568. The molecule has 2 saturated heterocycles. The number of amides is 2. The second kappa shape index (κ2) is 10.9. The van der Waals surface area contributed by atoms with Crippen LogP contribution in [-0.2, 0) is 6.54 Å². The lowest BCUT2D eigenvalue weighted by molar-refractivity contribution is 0.184. The topological polar surface area (TPSA) is 47.9 Å². The highest BCUT2D eigenvalue weighted by Crippen LogP contribution is 2.39. The number of benzene rings is 3. The van der Waals surface area contributed by atoms with Crippen molar-refractivity contribution in [3.63, 3.8) is 0 Å². The summed E-state index contributed by atoms with van der Waals surface area (Å²) in [4.78, 5) is 22.8. The summed E-state index contributed by atoms with van der Waals surface area (Å²) in [5.41, 5.74) is 5.09. The molecule has 3 aromatic carbocycles. The Morgan fingerprint density at radius 1 is 0.949 bits per heavy atom. The number of likely N-dealkylation sites (tertiary alicyclic amines) is 1. The SMILES string of the molecule is Cc1ccccc1-c1cccc(CN2CCC3(CC2)C(=NC2CCCCC2)NC(=O)N3c2cccc(F)c2)c1. The normalized spacial score (nSPS) is 21.0. The Bertz CT molecular complexity index is 1370. The van der Waals surface area contributed by atoms with Crippen molar-refractivity contribution in [1.29, 1.82) is 0 Å². The average Bonchev–Trinajstić information content (AvgIpc) is 3.21. The molecule has 39 heavy (non-hydrogen) atoms. The molecule has 0 bridgehead atoms. The Labute approximate surface area is 230 Å². The first-order chi connectivity index (χ1) is 19.0. The van der Waals surface area contributed by atoms with E-state index in [1.165, 1.54) is 53.6 Å². The van der Waals surface area contributed by atoms with E-state index in [-0.39, 0.29) is 17.9 Å². The molecule has 0 unspecified atom stereocenters. The molecule has 6 rings (SSSR count). The number of hydrogen-bond donors (Lipinski definition) is 1. The maximum atomic E-state index is 14.3. The summed E-state index contributed by atoms with van der Waals surface area (Å²) in [5, 5.41) is 3.12. The van der Waals surface area contributed by atoms with Crippen LogP contribution in [0.5, 0.6) is 0 Å². The molecular weight excluding hydrogens is 487 g/mol. The van der Waals surface area contributed by atoms with Crippen molar-refractivity contribution in [3.05, 3.63) is 89.7 Å². The first-order valence-electron chi connectivity index (χ1n) is 14.3. The van der Waals surface area contributed by atoms with Gasteiger partial charge in [-0.15, -0.1) is 0 Å². The summed E-state index contributed by atoms with van der Waals surface area (Å²) in [5.74, 6) is 0.448. The molecule has 3 aliphatic rings. The third-order valence-electron chi connectivity index (χ3n) is 8.72. The second-order valence-corrected chi connectivity index (χ2v) is 11.3. The first kappa shape index (κ1) is 25.8. The van der Waals surface area contributed by atoms with E-state index in [1.54, 1.807) is 11.0 Å². The lowest BCUT2D eigenvalue weighted by Crippen LogP contribution is -2.57. The van der Waals surface area contributed by atoms with Crippen molar-refractivity contribution in [2.24, 2.45) is 4.99 Å². The molecule has 6 heteroatoms. The highest BCUT2D eigenvalue weighted by atomic mass is 19.1. The average molecular weight is 525 g/mol. The molecule has 3 aromatic rings. The van der Waals surface area contributed by atoms with Crippen LogP contribution in [0.25, 0.3) is 11.1 Å². The van der Waals surface area contributed by atoms with Crippen molar-refractivity contribution in [1.82, 2.24) is 10.2 Å². The Hall–Kier alpha value is -3.51. The molecule has 0 radical (unpaired) electrons. The molecule has 2 heterocycles. The van der Waals surface area contributed by atoms with Gasteiger partial charge in [0.25, 0.3) is 0 Å². The number of amidine groups is 1.